The first-order chi connectivity index (χ1) is 16.8. The molecule has 1 aliphatic carbocycles. The van der Waals surface area contributed by atoms with Gasteiger partial charge in [0.2, 0.25) is 0 Å². The molecule has 2 aliphatic rings. The van der Waals surface area contributed by atoms with E-state index in [1.807, 2.05) is 69.3 Å². The van der Waals surface area contributed by atoms with Crippen molar-refractivity contribution in [2.75, 3.05) is 13.7 Å². The number of hydrogen-bond donors (Lipinski definition) is 1. The van der Waals surface area contributed by atoms with Gasteiger partial charge in [-0.25, -0.2) is 4.79 Å². The number of allylic oxidation sites excluding steroid dienone is 3. The number of ketones is 1. The molecule has 1 aliphatic heterocycles. The molecule has 0 bridgehead atoms. The number of methoxy groups -OCH3 is 1. The van der Waals surface area contributed by atoms with E-state index in [0.29, 0.717) is 35.4 Å². The Labute approximate surface area is 207 Å². The van der Waals surface area contributed by atoms with Crippen molar-refractivity contribution >= 4 is 11.8 Å². The number of rotatable bonds is 7. The van der Waals surface area contributed by atoms with Crippen LogP contribution in [-0.2, 0) is 14.3 Å². The number of benzene rings is 2. The molecule has 35 heavy (non-hydrogen) atoms. The number of para-hydroxylation sites is 1. The minimum Gasteiger partial charge on any atom is -0.497 e. The van der Waals surface area contributed by atoms with Gasteiger partial charge in [0.15, 0.2) is 5.78 Å². The summed E-state index contributed by atoms with van der Waals surface area (Å²) in [4.78, 5) is 26.9. The highest BCUT2D eigenvalue weighted by molar-refractivity contribution is 6.04. The highest BCUT2D eigenvalue weighted by Gasteiger charge is 2.42. The van der Waals surface area contributed by atoms with E-state index in [4.69, 9.17) is 14.2 Å². The number of carbonyl (C=O) groups is 2. The van der Waals surface area contributed by atoms with Gasteiger partial charge in [0, 0.05) is 29.0 Å². The summed E-state index contributed by atoms with van der Waals surface area (Å²) in [6, 6.07) is 15.5. The summed E-state index contributed by atoms with van der Waals surface area (Å²) in [7, 11) is 1.64. The van der Waals surface area contributed by atoms with E-state index in [0.717, 1.165) is 22.6 Å². The second-order valence-electron chi connectivity index (χ2n) is 9.22. The molecule has 0 unspecified atom stereocenters. The van der Waals surface area contributed by atoms with Gasteiger partial charge in [-0.2, -0.15) is 0 Å². The van der Waals surface area contributed by atoms with Crippen molar-refractivity contribution in [2.24, 2.45) is 0 Å². The maximum absolute atomic E-state index is 13.7. The largest absolute Gasteiger partial charge is 0.497 e. The fourth-order valence-corrected chi connectivity index (χ4v) is 5.02. The highest BCUT2D eigenvalue weighted by atomic mass is 16.5. The molecule has 184 valence electrons. The van der Waals surface area contributed by atoms with E-state index in [-0.39, 0.29) is 24.4 Å². The summed E-state index contributed by atoms with van der Waals surface area (Å²) in [6.07, 6.45) is 0.986. The minimum atomic E-state index is -0.551. The van der Waals surface area contributed by atoms with E-state index in [2.05, 4.69) is 5.32 Å². The maximum Gasteiger partial charge on any atom is 0.336 e. The standard InChI is InChI=1S/C29H33NO5/c1-6-34-29(32)26-18(4)30-23-15-20(19-11-13-21(33-5)14-12-19)16-24(31)28(23)27(26)22-9-7-8-10-25(22)35-17(2)3/h7-14,17,20,27,30H,6,15-16H2,1-5H3/t20-,27+/m1/s1. The molecule has 0 fully saturated rings. The Kier molecular flexibility index (Phi) is 7.29. The summed E-state index contributed by atoms with van der Waals surface area (Å²) in [5.41, 5.74) is 4.54. The fraction of sp³-hybridized carbons (Fsp3) is 0.379. The Morgan fingerprint density at radius 2 is 1.80 bits per heavy atom. The van der Waals surface area contributed by atoms with E-state index in [9.17, 15) is 9.59 Å². The second-order valence-corrected chi connectivity index (χ2v) is 9.22. The molecule has 4 rings (SSSR count). The lowest BCUT2D eigenvalue weighted by Gasteiger charge is -2.37. The first-order valence-electron chi connectivity index (χ1n) is 12.1. The molecule has 0 radical (unpaired) electrons. The van der Waals surface area contributed by atoms with Crippen LogP contribution in [0.15, 0.2) is 71.1 Å². The predicted octanol–water partition coefficient (Wildman–Crippen LogP) is 5.41. The van der Waals surface area contributed by atoms with Crippen molar-refractivity contribution in [2.45, 2.75) is 58.5 Å². The summed E-state index contributed by atoms with van der Waals surface area (Å²) < 4.78 is 16.8. The van der Waals surface area contributed by atoms with Crippen molar-refractivity contribution < 1.29 is 23.8 Å². The molecule has 6 heteroatoms. The summed E-state index contributed by atoms with van der Waals surface area (Å²) >= 11 is 0. The van der Waals surface area contributed by atoms with Gasteiger partial charge in [-0.05, 0) is 63.8 Å². The van der Waals surface area contributed by atoms with Gasteiger partial charge in [0.1, 0.15) is 11.5 Å². The molecule has 0 aromatic heterocycles. The van der Waals surface area contributed by atoms with Crippen LogP contribution in [0.25, 0.3) is 0 Å². The predicted molar refractivity (Wildman–Crippen MR) is 134 cm³/mol. The number of esters is 1. The third kappa shape index (κ3) is 4.97. The van der Waals surface area contributed by atoms with Crippen LogP contribution in [0.5, 0.6) is 11.5 Å². The highest BCUT2D eigenvalue weighted by Crippen LogP contribution is 2.47. The number of ether oxygens (including phenoxy) is 3. The number of dihydropyridines is 1. The maximum atomic E-state index is 13.7. The SMILES string of the molecule is CCOC(=O)C1=C(C)NC2=C(C(=O)C[C@H](c3ccc(OC)cc3)C2)[C@H]1c1ccccc1OC(C)C. The smallest absolute Gasteiger partial charge is 0.336 e. The lowest BCUT2D eigenvalue weighted by atomic mass is 9.71. The van der Waals surface area contributed by atoms with Crippen LogP contribution in [0.3, 0.4) is 0 Å². The van der Waals surface area contributed by atoms with Crippen LogP contribution >= 0.6 is 0 Å². The molecule has 2 aromatic carbocycles. The number of hydrogen-bond acceptors (Lipinski definition) is 6. The van der Waals surface area contributed by atoms with E-state index in [1.165, 1.54) is 0 Å². The Morgan fingerprint density at radius 3 is 2.46 bits per heavy atom. The molecule has 0 amide bonds. The molecule has 2 atom stereocenters. The Bertz CT molecular complexity index is 1180. The zero-order chi connectivity index (χ0) is 25.1. The summed E-state index contributed by atoms with van der Waals surface area (Å²) in [5, 5.41) is 3.39. The van der Waals surface area contributed by atoms with Gasteiger partial charge in [0.05, 0.1) is 31.3 Å². The molecule has 2 aromatic rings. The van der Waals surface area contributed by atoms with Crippen molar-refractivity contribution in [3.8, 4) is 11.5 Å². The lowest BCUT2D eigenvalue weighted by molar-refractivity contribution is -0.138. The normalized spacial score (nSPS) is 19.9. The van der Waals surface area contributed by atoms with Gasteiger partial charge in [-0.1, -0.05) is 30.3 Å². The van der Waals surface area contributed by atoms with Gasteiger partial charge in [0.25, 0.3) is 0 Å². The molecule has 1 N–H and O–H groups in total. The molecule has 0 saturated heterocycles. The number of nitrogens with one attached hydrogen (secondary N) is 1. The van der Waals surface area contributed by atoms with Crippen LogP contribution in [0.4, 0.5) is 0 Å². The number of carbonyl (C=O) groups excluding carboxylic acids is 2. The molecule has 0 saturated carbocycles. The molecule has 0 spiro atoms. The summed E-state index contributed by atoms with van der Waals surface area (Å²) in [6.45, 7) is 7.83. The quantitative estimate of drug-likeness (QED) is 0.540. The minimum absolute atomic E-state index is 0.0261. The molecular weight excluding hydrogens is 442 g/mol. The molecule has 6 nitrogen and oxygen atoms in total. The topological polar surface area (TPSA) is 73.9 Å². The van der Waals surface area contributed by atoms with Crippen LogP contribution in [0, 0.1) is 0 Å². The van der Waals surface area contributed by atoms with Gasteiger partial charge >= 0.3 is 5.97 Å². The fourth-order valence-electron chi connectivity index (χ4n) is 5.02. The third-order valence-electron chi connectivity index (χ3n) is 6.50. The van der Waals surface area contributed by atoms with Crippen LogP contribution in [0.1, 0.15) is 63.5 Å². The first kappa shape index (κ1) is 24.6. The third-order valence-corrected chi connectivity index (χ3v) is 6.50. The van der Waals surface area contributed by atoms with Crippen molar-refractivity contribution in [1.29, 1.82) is 0 Å². The zero-order valence-corrected chi connectivity index (χ0v) is 21.0. The average Bonchev–Trinajstić information content (AvgIpc) is 2.83. The van der Waals surface area contributed by atoms with Gasteiger partial charge in [-0.15, -0.1) is 0 Å². The molecular formula is C29H33NO5. The van der Waals surface area contributed by atoms with Gasteiger partial charge in [-0.3, -0.25) is 4.79 Å². The van der Waals surface area contributed by atoms with Crippen LogP contribution < -0.4 is 14.8 Å². The monoisotopic (exact) mass is 475 g/mol. The summed E-state index contributed by atoms with van der Waals surface area (Å²) in [5.74, 6) is 0.549. The van der Waals surface area contributed by atoms with E-state index >= 15 is 0 Å². The number of Topliss-reactive ketones (excluding diaryl/α,β-unsaturated/α-hetero) is 1. The van der Waals surface area contributed by atoms with E-state index in [1.54, 1.807) is 14.0 Å². The zero-order valence-electron chi connectivity index (χ0n) is 21.0. The van der Waals surface area contributed by atoms with E-state index < -0.39 is 11.9 Å². The Morgan fingerprint density at radius 1 is 1.09 bits per heavy atom. The van der Waals surface area contributed by atoms with Crippen LogP contribution in [0.2, 0.25) is 0 Å². The van der Waals surface area contributed by atoms with Gasteiger partial charge < -0.3 is 19.5 Å². The average molecular weight is 476 g/mol. The second kappa shape index (κ2) is 10.4. The first-order valence-corrected chi connectivity index (χ1v) is 12.1. The van der Waals surface area contributed by atoms with Crippen LogP contribution in [-0.4, -0.2) is 31.6 Å². The van der Waals surface area contributed by atoms with Crippen molar-refractivity contribution in [3.05, 3.63) is 82.2 Å². The molecule has 1 heterocycles. The lowest BCUT2D eigenvalue weighted by Crippen LogP contribution is -2.36. The Balaban J connectivity index is 1.81. The van der Waals surface area contributed by atoms with Crippen molar-refractivity contribution in [3.63, 3.8) is 0 Å². The van der Waals surface area contributed by atoms with Crippen molar-refractivity contribution in [1.82, 2.24) is 5.32 Å². The Hall–Kier alpha value is -3.54.